The molecule has 3 N–H and O–H groups in total. The molecule has 0 fully saturated rings. The number of hydrogen-bond donors (Lipinski definition) is 3. The molecular formula is C31H38N4O4. The highest BCUT2D eigenvalue weighted by atomic mass is 16.5. The number of ether oxygens (including phenoxy) is 2. The molecule has 39 heavy (non-hydrogen) atoms. The molecule has 0 aliphatic rings. The monoisotopic (exact) mass is 530 g/mol. The first-order valence-electron chi connectivity index (χ1n) is 13.6. The fourth-order valence-electron chi connectivity index (χ4n) is 4.94. The van der Waals surface area contributed by atoms with Crippen LogP contribution in [0.5, 0.6) is 11.5 Å². The van der Waals surface area contributed by atoms with E-state index in [4.69, 9.17) is 9.47 Å². The van der Waals surface area contributed by atoms with E-state index in [1.54, 1.807) is 20.4 Å². The SMILES string of the molecule is CCC(=O)CCCCCC(NC(=O)Cc1c(C)[nH]c2ccc(OC)cc12)c1ncc(-c2ccccc2OC)[nH]1. The van der Waals surface area contributed by atoms with Crippen LogP contribution in [-0.4, -0.2) is 40.9 Å². The summed E-state index contributed by atoms with van der Waals surface area (Å²) in [6.45, 7) is 3.88. The molecule has 4 aromatic rings. The van der Waals surface area contributed by atoms with Crippen molar-refractivity contribution in [3.8, 4) is 22.8 Å². The molecule has 0 saturated carbocycles. The normalized spacial score (nSPS) is 11.9. The molecule has 1 unspecified atom stereocenters. The van der Waals surface area contributed by atoms with E-state index in [-0.39, 0.29) is 24.2 Å². The van der Waals surface area contributed by atoms with Crippen LogP contribution in [0.1, 0.15) is 68.6 Å². The Bertz CT molecular complexity index is 1420. The Hall–Kier alpha value is -4.07. The van der Waals surface area contributed by atoms with Crippen LogP contribution < -0.4 is 14.8 Å². The fraction of sp³-hybridized carbons (Fsp3) is 0.387. The molecule has 8 nitrogen and oxygen atoms in total. The zero-order valence-electron chi connectivity index (χ0n) is 23.2. The number of Topliss-reactive ketones (excluding diaryl/α,β-unsaturated/α-hetero) is 1. The maximum atomic E-state index is 13.4. The lowest BCUT2D eigenvalue weighted by Gasteiger charge is -2.17. The van der Waals surface area contributed by atoms with E-state index in [1.807, 2.05) is 56.3 Å². The lowest BCUT2D eigenvalue weighted by molar-refractivity contribution is -0.121. The van der Waals surface area contributed by atoms with Crippen molar-refractivity contribution in [3.63, 3.8) is 0 Å². The molecule has 0 radical (unpaired) electrons. The van der Waals surface area contributed by atoms with Gasteiger partial charge in [-0.15, -0.1) is 0 Å². The predicted molar refractivity (Wildman–Crippen MR) is 153 cm³/mol. The molecule has 1 amide bonds. The Balaban J connectivity index is 1.52. The Kier molecular flexibility index (Phi) is 9.41. The van der Waals surface area contributed by atoms with Gasteiger partial charge in [0.05, 0.1) is 38.6 Å². The van der Waals surface area contributed by atoms with Gasteiger partial charge in [0.1, 0.15) is 23.1 Å². The number of imidazole rings is 1. The van der Waals surface area contributed by atoms with Gasteiger partial charge in [0, 0.05) is 35.0 Å². The number of para-hydroxylation sites is 1. The van der Waals surface area contributed by atoms with Crippen molar-refractivity contribution in [2.75, 3.05) is 14.2 Å². The Morgan fingerprint density at radius 1 is 1.03 bits per heavy atom. The maximum absolute atomic E-state index is 13.4. The summed E-state index contributed by atoms with van der Waals surface area (Å²) in [7, 11) is 3.28. The van der Waals surface area contributed by atoms with Crippen LogP contribution in [-0.2, 0) is 16.0 Å². The molecule has 1 atom stereocenters. The van der Waals surface area contributed by atoms with E-state index in [0.717, 1.165) is 64.2 Å². The number of aromatic amines is 2. The molecule has 0 aliphatic heterocycles. The van der Waals surface area contributed by atoms with Crippen molar-refractivity contribution in [3.05, 3.63) is 65.7 Å². The molecule has 2 aromatic carbocycles. The lowest BCUT2D eigenvalue weighted by Crippen LogP contribution is -2.30. The van der Waals surface area contributed by atoms with Crippen molar-refractivity contribution in [2.24, 2.45) is 0 Å². The summed E-state index contributed by atoms with van der Waals surface area (Å²) in [5.41, 5.74) is 4.62. The highest BCUT2D eigenvalue weighted by Crippen LogP contribution is 2.30. The third kappa shape index (κ3) is 6.88. The topological polar surface area (TPSA) is 109 Å². The molecule has 206 valence electrons. The number of aromatic nitrogens is 3. The third-order valence-electron chi connectivity index (χ3n) is 7.16. The van der Waals surface area contributed by atoms with Gasteiger partial charge in [0.15, 0.2) is 0 Å². The van der Waals surface area contributed by atoms with Crippen LogP contribution in [0.2, 0.25) is 0 Å². The molecule has 8 heteroatoms. The number of amides is 1. The quantitative estimate of drug-likeness (QED) is 0.168. The molecule has 2 heterocycles. The van der Waals surface area contributed by atoms with Gasteiger partial charge in [0.25, 0.3) is 0 Å². The second kappa shape index (κ2) is 13.1. The first-order valence-corrected chi connectivity index (χ1v) is 13.6. The van der Waals surface area contributed by atoms with Crippen molar-refractivity contribution >= 4 is 22.6 Å². The van der Waals surface area contributed by atoms with Crippen molar-refractivity contribution in [1.29, 1.82) is 0 Å². The number of nitrogens with one attached hydrogen (secondary N) is 3. The van der Waals surface area contributed by atoms with E-state index >= 15 is 0 Å². The number of unbranched alkanes of at least 4 members (excludes halogenated alkanes) is 2. The number of H-pyrrole nitrogens is 2. The number of carbonyl (C=O) groups is 2. The molecule has 0 spiro atoms. The van der Waals surface area contributed by atoms with Crippen LogP contribution in [0.15, 0.2) is 48.7 Å². The van der Waals surface area contributed by atoms with E-state index < -0.39 is 0 Å². The van der Waals surface area contributed by atoms with Crippen LogP contribution in [0.25, 0.3) is 22.2 Å². The van der Waals surface area contributed by atoms with Gasteiger partial charge in [-0.2, -0.15) is 0 Å². The lowest BCUT2D eigenvalue weighted by atomic mass is 10.0. The molecular weight excluding hydrogens is 492 g/mol. The van der Waals surface area contributed by atoms with Gasteiger partial charge < -0.3 is 24.8 Å². The minimum absolute atomic E-state index is 0.0803. The van der Waals surface area contributed by atoms with Crippen LogP contribution in [0.4, 0.5) is 0 Å². The third-order valence-corrected chi connectivity index (χ3v) is 7.16. The number of methoxy groups -OCH3 is 2. The van der Waals surface area contributed by atoms with Gasteiger partial charge in [-0.25, -0.2) is 4.98 Å². The summed E-state index contributed by atoms with van der Waals surface area (Å²) < 4.78 is 10.9. The van der Waals surface area contributed by atoms with Gasteiger partial charge in [-0.05, 0) is 55.7 Å². The number of fused-ring (bicyclic) bond motifs is 1. The number of nitrogens with zero attached hydrogens (tertiary/aromatic N) is 1. The molecule has 0 aliphatic carbocycles. The number of carbonyl (C=O) groups excluding carboxylic acids is 2. The van der Waals surface area contributed by atoms with Crippen molar-refractivity contribution in [2.45, 2.75) is 64.8 Å². The molecule has 0 bridgehead atoms. The van der Waals surface area contributed by atoms with Crippen LogP contribution >= 0.6 is 0 Å². The van der Waals surface area contributed by atoms with E-state index in [0.29, 0.717) is 25.1 Å². The summed E-state index contributed by atoms with van der Waals surface area (Å²) in [4.78, 5) is 36.5. The summed E-state index contributed by atoms with van der Waals surface area (Å²) in [5, 5.41) is 4.20. The Labute approximate surface area is 229 Å². The number of ketones is 1. The number of benzene rings is 2. The van der Waals surface area contributed by atoms with Gasteiger partial charge in [0.2, 0.25) is 5.91 Å². The minimum Gasteiger partial charge on any atom is -0.497 e. The first-order chi connectivity index (χ1) is 18.9. The second-order valence-corrected chi connectivity index (χ2v) is 9.81. The number of hydrogen-bond acceptors (Lipinski definition) is 5. The summed E-state index contributed by atoms with van der Waals surface area (Å²) >= 11 is 0. The zero-order valence-corrected chi connectivity index (χ0v) is 23.2. The predicted octanol–water partition coefficient (Wildman–Crippen LogP) is 6.21. The molecule has 4 rings (SSSR count). The van der Waals surface area contributed by atoms with Gasteiger partial charge >= 0.3 is 0 Å². The second-order valence-electron chi connectivity index (χ2n) is 9.81. The van der Waals surface area contributed by atoms with Gasteiger partial charge in [-0.1, -0.05) is 31.9 Å². The van der Waals surface area contributed by atoms with Gasteiger partial charge in [-0.3, -0.25) is 9.59 Å². The summed E-state index contributed by atoms with van der Waals surface area (Å²) in [6.07, 6.45) is 6.56. The van der Waals surface area contributed by atoms with Crippen molar-refractivity contribution in [1.82, 2.24) is 20.3 Å². The smallest absolute Gasteiger partial charge is 0.225 e. The van der Waals surface area contributed by atoms with E-state index in [9.17, 15) is 9.59 Å². The Morgan fingerprint density at radius 2 is 1.85 bits per heavy atom. The average Bonchev–Trinajstić information content (AvgIpc) is 3.56. The minimum atomic E-state index is -0.289. The molecule has 2 aromatic heterocycles. The highest BCUT2D eigenvalue weighted by molar-refractivity contribution is 5.91. The summed E-state index contributed by atoms with van der Waals surface area (Å²) in [5.74, 6) is 2.41. The molecule has 0 saturated heterocycles. The maximum Gasteiger partial charge on any atom is 0.225 e. The highest BCUT2D eigenvalue weighted by Gasteiger charge is 2.21. The summed E-state index contributed by atoms with van der Waals surface area (Å²) in [6, 6.07) is 13.3. The van der Waals surface area contributed by atoms with Crippen molar-refractivity contribution < 1.29 is 19.1 Å². The Morgan fingerprint density at radius 3 is 2.62 bits per heavy atom. The van der Waals surface area contributed by atoms with Crippen LogP contribution in [0.3, 0.4) is 0 Å². The number of rotatable bonds is 14. The zero-order chi connectivity index (χ0) is 27.8. The van der Waals surface area contributed by atoms with Crippen LogP contribution in [0, 0.1) is 6.92 Å². The first kappa shape index (κ1) is 28.0. The largest absolute Gasteiger partial charge is 0.497 e. The number of aryl methyl sites for hydroxylation is 1. The fourth-order valence-corrected chi connectivity index (χ4v) is 4.94. The average molecular weight is 531 g/mol. The van der Waals surface area contributed by atoms with E-state index in [1.165, 1.54) is 0 Å². The standard InChI is InChI=1S/C31H38N4O4/c1-5-21(36)11-7-6-8-13-27(31-32-19-28(35-31)23-12-9-10-14-29(23)39-4)34-30(37)18-24-20(2)33-26-16-15-22(38-3)17-25(24)26/h9-10,12,14-17,19,27,33H,5-8,11,13,18H2,1-4H3,(H,32,35)(H,34,37). The van der Waals surface area contributed by atoms with E-state index in [2.05, 4.69) is 20.3 Å².